The van der Waals surface area contributed by atoms with Crippen molar-refractivity contribution < 1.29 is 108 Å². The van der Waals surface area contributed by atoms with Crippen LogP contribution >= 0.6 is 0 Å². The highest BCUT2D eigenvalue weighted by atomic mass is 16.8. The van der Waals surface area contributed by atoms with Crippen LogP contribution in [0.2, 0.25) is 0 Å². The van der Waals surface area contributed by atoms with Crippen LogP contribution < -0.4 is 26.0 Å². The molecule has 0 aliphatic carbocycles. The Morgan fingerprint density at radius 1 is 0.560 bits per heavy atom. The van der Waals surface area contributed by atoms with Crippen LogP contribution in [0.25, 0.3) is 0 Å². The molecule has 4 aliphatic rings. The summed E-state index contributed by atoms with van der Waals surface area (Å²) in [6.07, 6.45) is -15.7. The zero-order chi connectivity index (χ0) is 54.9. The van der Waals surface area contributed by atoms with Crippen molar-refractivity contribution in [3.8, 4) is 5.75 Å². The van der Waals surface area contributed by atoms with Gasteiger partial charge in [0.05, 0.1) is 38.6 Å². The number of hydrogen-bond acceptors (Lipinski definition) is 22. The fourth-order valence-electron chi connectivity index (χ4n) is 9.40. The molecule has 75 heavy (non-hydrogen) atoms. The smallest absolute Gasteiger partial charge is 0.255 e. The van der Waals surface area contributed by atoms with Gasteiger partial charge in [0, 0.05) is 27.9 Å². The van der Waals surface area contributed by atoms with Crippen molar-refractivity contribution >= 4 is 23.6 Å². The number of allylic oxidation sites excluding steroid dienone is 2. The summed E-state index contributed by atoms with van der Waals surface area (Å²) in [6, 6.07) is 0.0358. The number of aliphatic hydroxyl groups is 9. The maximum absolute atomic E-state index is 14.0. The summed E-state index contributed by atoms with van der Waals surface area (Å²) in [4.78, 5) is 51.3. The monoisotopic (exact) mass is 1070 g/mol. The standard InChI is InChI=1S/C49H78N4O22/c1-6-7-8-9-10-11-12-13-16-19-68-28-18-15-14-17-27(28)45(65)53-34-38(61)37(60)29(20-54)70-47(34)73-42-30(21-55)71-48(35(40(42)63)51-25(3)58)74-43-31(22-56)72-49(36(41(43)64)52-26(4)59)75-44-32(23-67-5)69-46(66)33(39(44)62)50-24(2)57/h11-12,14-15,17-18,29-44,46-49,54-56,60-64,66H,6-10,13,16,19-23H2,1-5H3,(H,50,57)(H,51,58)(H,52,59)(H,53,65)/b12-11-. The first-order valence-electron chi connectivity index (χ1n) is 25.4. The maximum Gasteiger partial charge on any atom is 0.255 e. The Morgan fingerprint density at radius 2 is 1.03 bits per heavy atom. The largest absolute Gasteiger partial charge is 0.493 e. The predicted molar refractivity (Wildman–Crippen MR) is 258 cm³/mol. The van der Waals surface area contributed by atoms with Crippen LogP contribution in [0.15, 0.2) is 36.4 Å². The number of amides is 4. The van der Waals surface area contributed by atoms with E-state index in [0.717, 1.165) is 46.5 Å². The molecule has 0 spiro atoms. The molecular weight excluding hydrogens is 997 g/mol. The van der Waals surface area contributed by atoms with E-state index in [4.69, 9.17) is 42.6 Å². The number of nitrogens with one attached hydrogen (secondary N) is 4. The van der Waals surface area contributed by atoms with Crippen LogP contribution in [0.1, 0.15) is 83.0 Å². The molecule has 0 bridgehead atoms. The molecule has 4 saturated heterocycles. The lowest BCUT2D eigenvalue weighted by Gasteiger charge is -2.51. The van der Waals surface area contributed by atoms with Crippen molar-refractivity contribution in [2.75, 3.05) is 40.1 Å². The van der Waals surface area contributed by atoms with Crippen molar-refractivity contribution in [2.45, 2.75) is 195 Å². The van der Waals surface area contributed by atoms with Crippen molar-refractivity contribution in [2.24, 2.45) is 0 Å². The minimum atomic E-state index is -1.93. The van der Waals surface area contributed by atoms with E-state index in [1.54, 1.807) is 18.2 Å². The van der Waals surface area contributed by atoms with Crippen molar-refractivity contribution in [3.63, 3.8) is 0 Å². The highest BCUT2D eigenvalue weighted by Crippen LogP contribution is 2.35. The molecule has 4 fully saturated rings. The SMILES string of the molecule is CCCCCC/C=C\CCCOc1ccccc1C(=O)NC1C(OC2C(CO)OC(OC3C(CO)OC(OC4C(COC)OC(O)C(NC(C)=O)C4O)C(NC(C)=O)C3O)C(NC(C)=O)C2O)OC(CO)C(O)C1O. The van der Waals surface area contributed by atoms with Crippen LogP contribution in [-0.2, 0) is 52.3 Å². The fraction of sp³-hybridized carbons (Fsp3) is 0.755. The molecule has 4 amide bonds. The van der Waals surface area contributed by atoms with E-state index in [-0.39, 0.29) is 24.5 Å². The van der Waals surface area contributed by atoms with Gasteiger partial charge in [-0.2, -0.15) is 0 Å². The minimum absolute atomic E-state index is 0.0497. The third-order valence-corrected chi connectivity index (χ3v) is 13.2. The van der Waals surface area contributed by atoms with E-state index >= 15 is 0 Å². The van der Waals surface area contributed by atoms with Gasteiger partial charge in [-0.15, -0.1) is 0 Å². The van der Waals surface area contributed by atoms with Crippen molar-refractivity contribution in [3.05, 3.63) is 42.0 Å². The van der Waals surface area contributed by atoms with Gasteiger partial charge in [0.15, 0.2) is 25.2 Å². The van der Waals surface area contributed by atoms with Gasteiger partial charge in [-0.25, -0.2) is 0 Å². The maximum atomic E-state index is 14.0. The summed E-state index contributed by atoms with van der Waals surface area (Å²) in [5.41, 5.74) is 0.0497. The van der Waals surface area contributed by atoms with Gasteiger partial charge in [0.2, 0.25) is 17.7 Å². The number of ether oxygens (including phenoxy) is 9. The molecule has 0 saturated carbocycles. The number of methoxy groups -OCH3 is 1. The second kappa shape index (κ2) is 30.2. The summed E-state index contributed by atoms with van der Waals surface area (Å²) >= 11 is 0. The van der Waals surface area contributed by atoms with Gasteiger partial charge in [-0.05, 0) is 37.8 Å². The summed E-state index contributed by atoms with van der Waals surface area (Å²) < 4.78 is 53.3. The third kappa shape index (κ3) is 16.5. The Morgan fingerprint density at radius 3 is 1.53 bits per heavy atom. The van der Waals surface area contributed by atoms with Crippen LogP contribution in [-0.4, -0.2) is 232 Å². The second-order valence-electron chi connectivity index (χ2n) is 18.9. The van der Waals surface area contributed by atoms with Gasteiger partial charge < -0.3 is 110 Å². The molecule has 26 nitrogen and oxygen atoms in total. The highest BCUT2D eigenvalue weighted by Gasteiger charge is 2.56. The fourth-order valence-corrected chi connectivity index (χ4v) is 9.40. The second-order valence-corrected chi connectivity index (χ2v) is 18.9. The molecule has 13 N–H and O–H groups in total. The number of rotatable bonds is 26. The molecule has 0 aromatic heterocycles. The topological polar surface area (TPSA) is 382 Å². The molecule has 4 heterocycles. The van der Waals surface area contributed by atoms with E-state index in [1.807, 2.05) is 0 Å². The Balaban J connectivity index is 1.35. The normalized spacial score (nSPS) is 36.1. The van der Waals surface area contributed by atoms with E-state index in [1.165, 1.54) is 26.0 Å². The molecule has 5 rings (SSSR count). The summed E-state index contributed by atoms with van der Waals surface area (Å²) in [5.74, 6) is -2.69. The molecule has 4 aliphatic heterocycles. The number of benzene rings is 1. The Labute approximate surface area is 434 Å². The molecule has 26 heteroatoms. The number of hydrogen-bond donors (Lipinski definition) is 13. The molecule has 1 aromatic rings. The minimum Gasteiger partial charge on any atom is -0.493 e. The summed E-state index contributed by atoms with van der Waals surface area (Å²) in [7, 11) is 1.30. The van der Waals surface area contributed by atoms with Gasteiger partial charge >= 0.3 is 0 Å². The van der Waals surface area contributed by atoms with Crippen LogP contribution in [0.5, 0.6) is 5.75 Å². The predicted octanol–water partition coefficient (Wildman–Crippen LogP) is -3.54. The molecular formula is C49H78N4O22. The zero-order valence-electron chi connectivity index (χ0n) is 42.8. The van der Waals surface area contributed by atoms with Gasteiger partial charge in [0.25, 0.3) is 5.91 Å². The summed E-state index contributed by atoms with van der Waals surface area (Å²) in [6.45, 7) is 2.81. The molecule has 426 valence electrons. The van der Waals surface area contributed by atoms with E-state index in [2.05, 4.69) is 40.3 Å². The summed E-state index contributed by atoms with van der Waals surface area (Å²) in [5, 5.41) is 110. The number of aliphatic hydroxyl groups excluding tert-OH is 9. The van der Waals surface area contributed by atoms with E-state index in [0.29, 0.717) is 6.42 Å². The molecule has 1 aromatic carbocycles. The molecule has 0 radical (unpaired) electrons. The average molecular weight is 1080 g/mol. The van der Waals surface area contributed by atoms with Gasteiger partial charge in [0.1, 0.15) is 103 Å². The number of carbonyl (C=O) groups is 4. The van der Waals surface area contributed by atoms with E-state index in [9.17, 15) is 65.1 Å². The quantitative estimate of drug-likeness (QED) is 0.0316. The van der Waals surface area contributed by atoms with Gasteiger partial charge in [-0.1, -0.05) is 50.5 Å². The van der Waals surface area contributed by atoms with E-state index < -0.39 is 166 Å². The van der Waals surface area contributed by atoms with Crippen LogP contribution in [0, 0.1) is 0 Å². The van der Waals surface area contributed by atoms with Crippen molar-refractivity contribution in [1.82, 2.24) is 21.3 Å². The van der Waals surface area contributed by atoms with Crippen LogP contribution in [0.4, 0.5) is 0 Å². The first kappa shape index (κ1) is 61.8. The lowest BCUT2D eigenvalue weighted by Crippen LogP contribution is -2.71. The first-order valence-corrected chi connectivity index (χ1v) is 25.4. The lowest BCUT2D eigenvalue weighted by atomic mass is 9.93. The molecule has 20 unspecified atom stereocenters. The Hall–Kier alpha value is -4.04. The van der Waals surface area contributed by atoms with Gasteiger partial charge in [-0.3, -0.25) is 19.2 Å². The number of para-hydroxylation sites is 1. The average Bonchev–Trinajstić information content (AvgIpc) is 3.37. The number of unbranched alkanes of at least 4 members (excludes halogenated alkanes) is 5. The Bertz CT molecular complexity index is 1970. The first-order chi connectivity index (χ1) is 35.9. The van der Waals surface area contributed by atoms with Crippen LogP contribution in [0.3, 0.4) is 0 Å². The molecule has 20 atom stereocenters. The number of carbonyl (C=O) groups excluding carboxylic acids is 4. The lowest BCUT2D eigenvalue weighted by molar-refractivity contribution is -0.362. The highest BCUT2D eigenvalue weighted by molar-refractivity contribution is 5.97. The van der Waals surface area contributed by atoms with Crippen molar-refractivity contribution in [1.29, 1.82) is 0 Å². The third-order valence-electron chi connectivity index (χ3n) is 13.2. The Kier molecular flexibility index (Phi) is 24.9. The zero-order valence-corrected chi connectivity index (χ0v) is 42.8.